The van der Waals surface area contributed by atoms with E-state index < -0.39 is 10.0 Å². The number of aromatic nitrogens is 1. The summed E-state index contributed by atoms with van der Waals surface area (Å²) in [5, 5.41) is 0.894. The van der Waals surface area contributed by atoms with Crippen LogP contribution in [0.15, 0.2) is 81.0 Å². The summed E-state index contributed by atoms with van der Waals surface area (Å²) in [5.74, 6) is 0.499. The van der Waals surface area contributed by atoms with E-state index in [1.54, 1.807) is 48.5 Å². The van der Waals surface area contributed by atoms with E-state index >= 15 is 0 Å². The van der Waals surface area contributed by atoms with E-state index in [1.165, 1.54) is 10.6 Å². The summed E-state index contributed by atoms with van der Waals surface area (Å²) in [6.07, 6.45) is 1.50. The highest BCUT2D eigenvalue weighted by molar-refractivity contribution is 7.89. The average molecular weight is 423 g/mol. The second-order valence-electron chi connectivity index (χ2n) is 7.33. The quantitative estimate of drug-likeness (QED) is 0.506. The number of fused-ring (bicyclic) bond motifs is 1. The molecule has 0 saturated heterocycles. The summed E-state index contributed by atoms with van der Waals surface area (Å²) in [5.41, 5.74) is 2.88. The predicted molar refractivity (Wildman–Crippen MR) is 116 cm³/mol. The zero-order valence-electron chi connectivity index (χ0n) is 16.8. The van der Waals surface area contributed by atoms with Crippen LogP contribution >= 0.6 is 0 Å². The Balaban J connectivity index is 1.79. The van der Waals surface area contributed by atoms with Crippen molar-refractivity contribution in [2.24, 2.45) is 0 Å². The lowest BCUT2D eigenvalue weighted by Crippen LogP contribution is -2.32. The van der Waals surface area contributed by atoms with Gasteiger partial charge in [0.1, 0.15) is 5.76 Å². The number of benzene rings is 2. The van der Waals surface area contributed by atoms with Crippen molar-refractivity contribution in [3.63, 3.8) is 0 Å². The average Bonchev–Trinajstić information content (AvgIpc) is 3.22. The molecule has 7 heteroatoms. The number of aryl methyl sites for hydroxylation is 2. The van der Waals surface area contributed by atoms with Gasteiger partial charge in [-0.05, 0) is 61.4 Å². The summed E-state index contributed by atoms with van der Waals surface area (Å²) in [6, 6.07) is 17.3. The molecular formula is C23H22N2O4S. The van der Waals surface area contributed by atoms with Gasteiger partial charge in [-0.3, -0.25) is 4.79 Å². The highest BCUT2D eigenvalue weighted by Crippen LogP contribution is 2.23. The summed E-state index contributed by atoms with van der Waals surface area (Å²) in [4.78, 5) is 15.8. The van der Waals surface area contributed by atoms with E-state index in [1.807, 2.05) is 26.0 Å². The molecule has 0 aliphatic heterocycles. The molecule has 4 aromatic rings. The van der Waals surface area contributed by atoms with Gasteiger partial charge in [-0.25, -0.2) is 8.42 Å². The topological polar surface area (TPSA) is 83.4 Å². The summed E-state index contributed by atoms with van der Waals surface area (Å²) in [6.45, 7) is 3.89. The fourth-order valence-corrected chi connectivity index (χ4v) is 4.97. The van der Waals surface area contributed by atoms with Crippen molar-refractivity contribution in [1.29, 1.82) is 0 Å². The molecule has 1 N–H and O–H groups in total. The Morgan fingerprint density at radius 3 is 2.43 bits per heavy atom. The van der Waals surface area contributed by atoms with E-state index in [-0.39, 0.29) is 23.5 Å². The van der Waals surface area contributed by atoms with Crippen LogP contribution in [0.2, 0.25) is 0 Å². The molecule has 0 spiro atoms. The Kier molecular flexibility index (Phi) is 5.32. The van der Waals surface area contributed by atoms with Gasteiger partial charge in [-0.15, -0.1) is 0 Å². The van der Waals surface area contributed by atoms with E-state index in [9.17, 15) is 13.2 Å². The van der Waals surface area contributed by atoms with Crippen LogP contribution in [0, 0.1) is 13.8 Å². The van der Waals surface area contributed by atoms with Gasteiger partial charge in [0.05, 0.1) is 17.7 Å². The SMILES string of the molecule is Cc1cc(C)c2cc(CN(Cc3ccco3)S(=O)(=O)c3ccccc3)c(=O)[nH]c2c1. The lowest BCUT2D eigenvalue weighted by atomic mass is 10.0. The van der Waals surface area contributed by atoms with Crippen LogP contribution in [-0.4, -0.2) is 17.7 Å². The maximum Gasteiger partial charge on any atom is 0.252 e. The number of pyridine rings is 1. The number of nitrogens with one attached hydrogen (secondary N) is 1. The number of hydrogen-bond donors (Lipinski definition) is 1. The van der Waals surface area contributed by atoms with E-state index in [0.29, 0.717) is 11.3 Å². The van der Waals surface area contributed by atoms with Gasteiger partial charge >= 0.3 is 0 Å². The molecule has 2 aromatic carbocycles. The molecule has 0 aliphatic rings. The first-order valence-corrected chi connectivity index (χ1v) is 11.0. The minimum Gasteiger partial charge on any atom is -0.468 e. The van der Waals surface area contributed by atoms with Crippen molar-refractivity contribution in [2.45, 2.75) is 31.8 Å². The van der Waals surface area contributed by atoms with Crippen molar-refractivity contribution in [1.82, 2.24) is 9.29 Å². The third-order valence-corrected chi connectivity index (χ3v) is 6.84. The number of aromatic amines is 1. The highest BCUT2D eigenvalue weighted by Gasteiger charge is 2.26. The Labute approximate surface area is 174 Å². The molecule has 0 fully saturated rings. The van der Waals surface area contributed by atoms with Crippen LogP contribution < -0.4 is 5.56 Å². The number of nitrogens with zero attached hydrogens (tertiary/aromatic N) is 1. The van der Waals surface area contributed by atoms with E-state index in [4.69, 9.17) is 4.42 Å². The molecule has 2 aromatic heterocycles. The zero-order valence-corrected chi connectivity index (χ0v) is 17.6. The second kappa shape index (κ2) is 7.93. The third-order valence-electron chi connectivity index (χ3n) is 5.03. The Hall–Kier alpha value is -3.16. The van der Waals surface area contributed by atoms with Crippen molar-refractivity contribution in [3.05, 3.63) is 99.7 Å². The number of furan rings is 1. The first kappa shape index (κ1) is 20.1. The molecule has 154 valence electrons. The maximum absolute atomic E-state index is 13.3. The molecule has 6 nitrogen and oxygen atoms in total. The molecule has 4 rings (SSSR count). The van der Waals surface area contributed by atoms with Gasteiger partial charge in [-0.2, -0.15) is 4.31 Å². The smallest absolute Gasteiger partial charge is 0.252 e. The van der Waals surface area contributed by atoms with E-state index in [2.05, 4.69) is 4.98 Å². The largest absolute Gasteiger partial charge is 0.468 e. The molecule has 0 aliphatic carbocycles. The first-order chi connectivity index (χ1) is 14.3. The molecule has 0 radical (unpaired) electrons. The minimum atomic E-state index is -3.84. The van der Waals surface area contributed by atoms with Gasteiger partial charge in [-0.1, -0.05) is 24.3 Å². The van der Waals surface area contributed by atoms with Crippen LogP contribution in [0.4, 0.5) is 0 Å². The third kappa shape index (κ3) is 3.94. The van der Waals surface area contributed by atoms with Crippen molar-refractivity contribution in [3.8, 4) is 0 Å². The molecule has 0 unspecified atom stereocenters. The van der Waals surface area contributed by atoms with Gasteiger partial charge in [0.25, 0.3) is 5.56 Å². The number of rotatable bonds is 6. The van der Waals surface area contributed by atoms with Crippen LogP contribution in [0.3, 0.4) is 0 Å². The molecule has 0 bridgehead atoms. The number of hydrogen-bond acceptors (Lipinski definition) is 4. The summed E-state index contributed by atoms with van der Waals surface area (Å²) in [7, 11) is -3.84. The van der Waals surface area contributed by atoms with Crippen LogP contribution in [-0.2, 0) is 23.1 Å². The van der Waals surface area contributed by atoms with Crippen molar-refractivity contribution >= 4 is 20.9 Å². The molecule has 0 atom stereocenters. The Bertz CT molecular complexity index is 1340. The lowest BCUT2D eigenvalue weighted by molar-refractivity contribution is 0.357. The Morgan fingerprint density at radius 2 is 1.73 bits per heavy atom. The predicted octanol–water partition coefficient (Wildman–Crippen LogP) is 4.13. The first-order valence-electron chi connectivity index (χ1n) is 9.55. The van der Waals surface area contributed by atoms with Gasteiger partial charge < -0.3 is 9.40 Å². The molecular weight excluding hydrogens is 400 g/mol. The molecule has 2 heterocycles. The summed E-state index contributed by atoms with van der Waals surface area (Å²) >= 11 is 0. The lowest BCUT2D eigenvalue weighted by Gasteiger charge is -2.21. The minimum absolute atomic E-state index is 0.0224. The van der Waals surface area contributed by atoms with E-state index in [0.717, 1.165) is 22.0 Å². The zero-order chi connectivity index (χ0) is 21.3. The van der Waals surface area contributed by atoms with Gasteiger partial charge in [0, 0.05) is 23.0 Å². The highest BCUT2D eigenvalue weighted by atomic mass is 32.2. The van der Waals surface area contributed by atoms with Gasteiger partial charge in [0.15, 0.2) is 0 Å². The molecule has 0 amide bonds. The maximum atomic E-state index is 13.3. The molecule has 0 saturated carbocycles. The van der Waals surface area contributed by atoms with Crippen LogP contribution in [0.25, 0.3) is 10.9 Å². The standard InChI is InChI=1S/C23H22N2O4S/c1-16-11-17(2)21-13-18(23(26)24-22(21)12-16)14-25(15-19-7-6-10-29-19)30(27,28)20-8-4-3-5-9-20/h3-13H,14-15H2,1-2H3,(H,24,26). The fourth-order valence-electron chi connectivity index (χ4n) is 3.57. The number of sulfonamides is 1. The number of H-pyrrole nitrogens is 1. The van der Waals surface area contributed by atoms with Gasteiger partial charge in [0.2, 0.25) is 10.0 Å². The van der Waals surface area contributed by atoms with Crippen molar-refractivity contribution < 1.29 is 12.8 Å². The summed E-state index contributed by atoms with van der Waals surface area (Å²) < 4.78 is 33.3. The molecule has 30 heavy (non-hydrogen) atoms. The fraction of sp³-hybridized carbons (Fsp3) is 0.174. The Morgan fingerprint density at radius 1 is 0.967 bits per heavy atom. The van der Waals surface area contributed by atoms with Crippen LogP contribution in [0.1, 0.15) is 22.5 Å². The van der Waals surface area contributed by atoms with Crippen LogP contribution in [0.5, 0.6) is 0 Å². The second-order valence-corrected chi connectivity index (χ2v) is 9.27. The normalized spacial score (nSPS) is 12.0. The van der Waals surface area contributed by atoms with Crippen molar-refractivity contribution in [2.75, 3.05) is 0 Å². The monoisotopic (exact) mass is 422 g/mol.